The van der Waals surface area contributed by atoms with Crippen LogP contribution in [0.25, 0.3) is 22.0 Å². The Morgan fingerprint density at radius 3 is 2.63 bits per heavy atom. The molecule has 38 heavy (non-hydrogen) atoms. The zero-order valence-electron chi connectivity index (χ0n) is 22.0. The van der Waals surface area contributed by atoms with E-state index in [1.807, 2.05) is 44.2 Å². The van der Waals surface area contributed by atoms with Crippen LogP contribution in [0.15, 0.2) is 39.5 Å². The summed E-state index contributed by atoms with van der Waals surface area (Å²) in [5.41, 5.74) is 10.4. The standard InChI is InChI=1S/C29H32N4O5/c1-16-4-5-23-21(12-16)31-28(38-23)18-6-9-33(10-7-18)26-20-13-17(2)24(37-19-8-11-36-15-19)14-22(20)32(3)29(35)25(26)27(30)34/h4-5,12-14,18-19H,6-11,15H2,1-3H3,(H2,30,34)/t19-/m0/s1. The van der Waals surface area contributed by atoms with Crippen molar-refractivity contribution in [2.45, 2.75) is 45.1 Å². The van der Waals surface area contributed by atoms with E-state index in [9.17, 15) is 9.59 Å². The Kier molecular flexibility index (Phi) is 6.10. The second-order valence-corrected chi connectivity index (χ2v) is 10.5. The van der Waals surface area contributed by atoms with Crippen molar-refractivity contribution in [2.75, 3.05) is 31.2 Å². The summed E-state index contributed by atoms with van der Waals surface area (Å²) in [6.07, 6.45) is 2.38. The molecule has 2 fully saturated rings. The van der Waals surface area contributed by atoms with Gasteiger partial charge in [-0.25, -0.2) is 4.98 Å². The van der Waals surface area contributed by atoms with Crippen LogP contribution in [0.2, 0.25) is 0 Å². The molecular weight excluding hydrogens is 484 g/mol. The quantitative estimate of drug-likeness (QED) is 0.427. The summed E-state index contributed by atoms with van der Waals surface area (Å²) >= 11 is 0. The number of hydrogen-bond donors (Lipinski definition) is 1. The van der Waals surface area contributed by atoms with Gasteiger partial charge >= 0.3 is 0 Å². The number of carbonyl (C=O) groups excluding carboxylic acids is 1. The first kappa shape index (κ1) is 24.5. The number of nitrogens with zero attached hydrogens (tertiary/aromatic N) is 3. The molecule has 0 aliphatic carbocycles. The van der Waals surface area contributed by atoms with Gasteiger partial charge in [0, 0.05) is 43.9 Å². The summed E-state index contributed by atoms with van der Waals surface area (Å²) in [4.78, 5) is 32.8. The van der Waals surface area contributed by atoms with E-state index < -0.39 is 11.5 Å². The molecule has 0 bridgehead atoms. The van der Waals surface area contributed by atoms with Crippen LogP contribution in [0.3, 0.4) is 0 Å². The molecule has 2 aromatic carbocycles. The predicted octanol–water partition coefficient (Wildman–Crippen LogP) is 3.95. The first-order chi connectivity index (χ1) is 18.3. The van der Waals surface area contributed by atoms with Gasteiger partial charge in [0.2, 0.25) is 0 Å². The maximum Gasteiger partial charge on any atom is 0.265 e. The number of nitrogens with two attached hydrogens (primary N) is 1. The van der Waals surface area contributed by atoms with Gasteiger partial charge in [-0.3, -0.25) is 9.59 Å². The monoisotopic (exact) mass is 516 g/mol. The van der Waals surface area contributed by atoms with E-state index in [1.54, 1.807) is 7.05 Å². The third-order valence-corrected chi connectivity index (χ3v) is 7.81. The van der Waals surface area contributed by atoms with Gasteiger partial charge in [-0.2, -0.15) is 0 Å². The van der Waals surface area contributed by atoms with Gasteiger partial charge in [-0.1, -0.05) is 6.07 Å². The Hall–Kier alpha value is -3.85. The molecule has 4 aromatic rings. The van der Waals surface area contributed by atoms with E-state index in [4.69, 9.17) is 24.6 Å². The molecule has 9 nitrogen and oxygen atoms in total. The highest BCUT2D eigenvalue weighted by molar-refractivity contribution is 6.07. The third kappa shape index (κ3) is 4.20. The molecule has 1 atom stereocenters. The van der Waals surface area contributed by atoms with Crippen LogP contribution < -0.4 is 20.9 Å². The number of fused-ring (bicyclic) bond motifs is 2. The highest BCUT2D eigenvalue weighted by Crippen LogP contribution is 2.38. The van der Waals surface area contributed by atoms with Crippen molar-refractivity contribution in [3.63, 3.8) is 0 Å². The number of rotatable bonds is 5. The fourth-order valence-electron chi connectivity index (χ4n) is 5.70. The zero-order valence-corrected chi connectivity index (χ0v) is 22.0. The van der Waals surface area contributed by atoms with Gasteiger partial charge in [0.1, 0.15) is 22.9 Å². The maximum absolute atomic E-state index is 13.4. The Bertz CT molecular complexity index is 1610. The van der Waals surface area contributed by atoms with Crippen LogP contribution in [0.5, 0.6) is 5.75 Å². The summed E-state index contributed by atoms with van der Waals surface area (Å²) < 4.78 is 19.2. The van der Waals surface area contributed by atoms with E-state index >= 15 is 0 Å². The van der Waals surface area contributed by atoms with E-state index in [1.165, 1.54) is 4.57 Å². The van der Waals surface area contributed by atoms with Gasteiger partial charge in [-0.05, 0) is 56.0 Å². The number of ether oxygens (including phenoxy) is 2. The number of benzene rings is 2. The Labute approximate surface area is 220 Å². The van der Waals surface area contributed by atoms with Gasteiger partial charge < -0.3 is 29.1 Å². The number of amides is 1. The number of oxazole rings is 1. The molecule has 2 aliphatic heterocycles. The number of primary amides is 1. The van der Waals surface area contributed by atoms with Crippen molar-refractivity contribution in [1.29, 1.82) is 0 Å². The van der Waals surface area contributed by atoms with Crippen LogP contribution in [-0.2, 0) is 11.8 Å². The number of anilines is 1. The van der Waals surface area contributed by atoms with Gasteiger partial charge in [-0.15, -0.1) is 0 Å². The molecule has 0 saturated carbocycles. The van der Waals surface area contributed by atoms with E-state index in [0.29, 0.717) is 43.3 Å². The van der Waals surface area contributed by atoms with Crippen LogP contribution in [0.4, 0.5) is 5.69 Å². The van der Waals surface area contributed by atoms with Gasteiger partial charge in [0.15, 0.2) is 11.5 Å². The van der Waals surface area contributed by atoms with Crippen molar-refractivity contribution < 1.29 is 18.7 Å². The molecule has 2 aromatic heterocycles. The van der Waals surface area contributed by atoms with Crippen molar-refractivity contribution in [3.05, 3.63) is 63.3 Å². The normalized spacial score (nSPS) is 18.5. The maximum atomic E-state index is 13.4. The first-order valence-corrected chi connectivity index (χ1v) is 13.1. The number of hydrogen-bond acceptors (Lipinski definition) is 7. The van der Waals surface area contributed by atoms with E-state index in [2.05, 4.69) is 4.90 Å². The number of pyridine rings is 1. The van der Waals surface area contributed by atoms with Gasteiger partial charge in [0.25, 0.3) is 11.5 Å². The minimum absolute atomic E-state index is 0.0117. The number of piperidine rings is 1. The van der Waals surface area contributed by atoms with Gasteiger partial charge in [0.05, 0.1) is 24.4 Å². The number of carbonyl (C=O) groups is 1. The molecule has 0 spiro atoms. The largest absolute Gasteiger partial charge is 0.488 e. The average Bonchev–Trinajstić information content (AvgIpc) is 3.56. The predicted molar refractivity (Wildman–Crippen MR) is 145 cm³/mol. The Balaban J connectivity index is 1.36. The molecular formula is C29H32N4O5. The lowest BCUT2D eigenvalue weighted by molar-refractivity contribution is 0.0999. The molecule has 1 amide bonds. The lowest BCUT2D eigenvalue weighted by Crippen LogP contribution is -2.38. The minimum atomic E-state index is -0.722. The lowest BCUT2D eigenvalue weighted by Gasteiger charge is -2.34. The highest BCUT2D eigenvalue weighted by atomic mass is 16.5. The second kappa shape index (κ2) is 9.47. The fraction of sp³-hybridized carbons (Fsp3) is 0.414. The second-order valence-electron chi connectivity index (χ2n) is 10.5. The zero-order chi connectivity index (χ0) is 26.6. The lowest BCUT2D eigenvalue weighted by atomic mass is 9.94. The van der Waals surface area contributed by atoms with Crippen molar-refractivity contribution in [2.24, 2.45) is 12.8 Å². The van der Waals surface area contributed by atoms with Crippen molar-refractivity contribution in [1.82, 2.24) is 9.55 Å². The molecule has 0 radical (unpaired) electrons. The summed E-state index contributed by atoms with van der Waals surface area (Å²) in [7, 11) is 1.67. The van der Waals surface area contributed by atoms with E-state index in [0.717, 1.165) is 52.8 Å². The summed E-state index contributed by atoms with van der Waals surface area (Å²) in [6.45, 7) is 6.53. The average molecular weight is 517 g/mol. The summed E-state index contributed by atoms with van der Waals surface area (Å²) in [5, 5.41) is 0.809. The number of aryl methyl sites for hydroxylation is 3. The first-order valence-electron chi connectivity index (χ1n) is 13.1. The van der Waals surface area contributed by atoms with Crippen molar-refractivity contribution >= 4 is 33.6 Å². The molecule has 198 valence electrons. The summed E-state index contributed by atoms with van der Waals surface area (Å²) in [5.74, 6) is 0.887. The molecule has 4 heterocycles. The van der Waals surface area contributed by atoms with Crippen LogP contribution in [-0.4, -0.2) is 47.9 Å². The topological polar surface area (TPSA) is 113 Å². The third-order valence-electron chi connectivity index (χ3n) is 7.81. The smallest absolute Gasteiger partial charge is 0.265 e. The number of aromatic nitrogens is 2. The van der Waals surface area contributed by atoms with Crippen LogP contribution >= 0.6 is 0 Å². The molecule has 0 unspecified atom stereocenters. The van der Waals surface area contributed by atoms with E-state index in [-0.39, 0.29) is 17.6 Å². The van der Waals surface area contributed by atoms with Crippen LogP contribution in [0.1, 0.15) is 52.6 Å². The molecule has 6 rings (SSSR count). The Morgan fingerprint density at radius 1 is 1.13 bits per heavy atom. The minimum Gasteiger partial charge on any atom is -0.488 e. The highest BCUT2D eigenvalue weighted by Gasteiger charge is 2.30. The molecule has 2 saturated heterocycles. The van der Waals surface area contributed by atoms with Crippen LogP contribution in [0, 0.1) is 13.8 Å². The Morgan fingerprint density at radius 2 is 1.92 bits per heavy atom. The SMILES string of the molecule is Cc1ccc2oc(C3CCN(c4c(C(N)=O)c(=O)n(C)c5cc(O[C@H]6CCOC6)c(C)cc45)CC3)nc2c1. The van der Waals surface area contributed by atoms with Crippen molar-refractivity contribution in [3.8, 4) is 5.75 Å². The molecule has 9 heteroatoms. The molecule has 2 N–H and O–H groups in total. The summed E-state index contributed by atoms with van der Waals surface area (Å²) in [6, 6.07) is 9.90. The molecule has 2 aliphatic rings. The fourth-order valence-corrected chi connectivity index (χ4v) is 5.70.